The van der Waals surface area contributed by atoms with Crippen molar-refractivity contribution in [2.45, 2.75) is 72.3 Å². The van der Waals surface area contributed by atoms with Gasteiger partial charge in [0.25, 0.3) is 5.52 Å². The van der Waals surface area contributed by atoms with Crippen LogP contribution in [-0.2, 0) is 0 Å². The number of hydrogen-bond acceptors (Lipinski definition) is 9. The van der Waals surface area contributed by atoms with Crippen LogP contribution in [0.15, 0.2) is 113 Å². The van der Waals surface area contributed by atoms with Crippen molar-refractivity contribution in [3.05, 3.63) is 120 Å². The lowest BCUT2D eigenvalue weighted by Crippen LogP contribution is -2.42. The topological polar surface area (TPSA) is 134 Å². The van der Waals surface area contributed by atoms with Crippen molar-refractivity contribution >= 4 is 67.9 Å². The summed E-state index contributed by atoms with van der Waals surface area (Å²) in [5.74, 6) is 0.803. The smallest absolute Gasteiger partial charge is 0.258 e. The third kappa shape index (κ3) is 7.39. The number of nitrogens with two attached hydrogens (primary N) is 2. The maximum Gasteiger partial charge on any atom is 0.258 e. The van der Waals surface area contributed by atoms with E-state index in [1.807, 2.05) is 44.2 Å². The maximum absolute atomic E-state index is 6.39. The second-order valence-electron chi connectivity index (χ2n) is 15.0. The average molecular weight is 744 g/mol. The van der Waals surface area contributed by atoms with Gasteiger partial charge in [-0.2, -0.15) is 0 Å². The summed E-state index contributed by atoms with van der Waals surface area (Å²) in [6.45, 7) is 9.95. The summed E-state index contributed by atoms with van der Waals surface area (Å²) in [6.07, 6.45) is 9.25. The number of rotatable bonds is 13. The minimum absolute atomic E-state index is 0.120. The number of allylic oxidation sites excluding steroid dienone is 1. The van der Waals surface area contributed by atoms with Crippen molar-refractivity contribution in [1.82, 2.24) is 15.3 Å². The Bertz CT molecular complexity index is 2510. The van der Waals surface area contributed by atoms with Gasteiger partial charge in [-0.3, -0.25) is 0 Å². The Morgan fingerprint density at radius 2 is 1.34 bits per heavy atom. The van der Waals surface area contributed by atoms with Gasteiger partial charge in [0.2, 0.25) is 16.9 Å². The van der Waals surface area contributed by atoms with Crippen molar-refractivity contribution in [1.29, 1.82) is 0 Å². The van der Waals surface area contributed by atoms with Crippen LogP contribution in [0.5, 0.6) is 0 Å². The second kappa shape index (κ2) is 15.8. The number of pyridine rings is 1. The Hall–Kier alpha value is -6.29. The number of para-hydroxylation sites is 2. The number of aliphatic imine (C=N–C) groups is 2. The number of nitrogen functional groups attached to an aromatic ring is 2. The number of dihydropyridines is 1. The van der Waals surface area contributed by atoms with Crippen LogP contribution in [0.4, 0.5) is 34.1 Å². The van der Waals surface area contributed by atoms with E-state index in [2.05, 4.69) is 101 Å². The number of unbranched alkanes of at least 4 members (excludes halogenated alkanes) is 5. The molecule has 2 aliphatic heterocycles. The molecule has 2 aliphatic rings. The first-order valence-corrected chi connectivity index (χ1v) is 19.8. The molecule has 6 N–H and O–H groups in total. The molecule has 8 rings (SSSR count). The number of aryl methyl sites for hydroxylation is 3. The van der Waals surface area contributed by atoms with Gasteiger partial charge in [-0.05, 0) is 88.1 Å². The molecular weight excluding hydrogens is 693 g/mol. The Morgan fingerprint density at radius 3 is 2.09 bits per heavy atom. The number of aromatic nitrogens is 3. The SMILES string of the molecule is CC1=NC2=Nc3cc(C)c(N)cc3N(c3ccccc3)C2C=C1NCCCCCCCCNc1cc2c(nc1C)nc1cc(C)c(N)cc1[n+]2-c1ccccc1. The van der Waals surface area contributed by atoms with E-state index >= 15 is 0 Å². The van der Waals surface area contributed by atoms with Crippen LogP contribution in [0.2, 0.25) is 0 Å². The van der Waals surface area contributed by atoms with Crippen LogP contribution >= 0.6 is 0 Å². The molecule has 56 heavy (non-hydrogen) atoms. The van der Waals surface area contributed by atoms with Crippen LogP contribution in [0.25, 0.3) is 27.9 Å². The monoisotopic (exact) mass is 743 g/mol. The Kier molecular flexibility index (Phi) is 10.4. The first-order valence-electron chi connectivity index (χ1n) is 19.8. The molecule has 0 saturated carbocycles. The second-order valence-corrected chi connectivity index (χ2v) is 15.0. The number of benzene rings is 4. The standard InChI is InChI=1S/C46H50N10/c1-29-23-39-41(25-35(29)47)55(33-17-11-9-12-18-33)43-27-37(31(3)51-45(43)53-39)49-21-15-7-5-6-8-16-22-50-38-28-44-46(52-32(38)4)54-40-24-30(2)36(48)26-42(40)56(44)34-19-13-10-14-20-34/h9-14,17-20,23-28,43,49H,5-8,15-16,21-22,47H2,1-4H3,(H2,48,50)/p+1. The van der Waals surface area contributed by atoms with Gasteiger partial charge in [-0.25, -0.2) is 20.0 Å². The highest BCUT2D eigenvalue weighted by molar-refractivity contribution is 6.14. The van der Waals surface area contributed by atoms with E-state index in [1.165, 1.54) is 25.7 Å². The number of hydrogen-bond donors (Lipinski definition) is 4. The largest absolute Gasteiger partial charge is 0.398 e. The minimum Gasteiger partial charge on any atom is -0.398 e. The molecule has 6 aromatic rings. The van der Waals surface area contributed by atoms with Crippen LogP contribution in [0, 0.1) is 20.8 Å². The molecular formula is C46H51N10+. The Morgan fingerprint density at radius 1 is 0.679 bits per heavy atom. The van der Waals surface area contributed by atoms with E-state index in [-0.39, 0.29) is 6.04 Å². The fourth-order valence-corrected chi connectivity index (χ4v) is 7.74. The van der Waals surface area contributed by atoms with Crippen LogP contribution in [-0.4, -0.2) is 40.6 Å². The van der Waals surface area contributed by atoms with Gasteiger partial charge in [0.1, 0.15) is 11.6 Å². The summed E-state index contributed by atoms with van der Waals surface area (Å²) in [5.41, 5.74) is 27.9. The molecule has 2 aromatic heterocycles. The molecule has 1 atom stereocenters. The summed E-state index contributed by atoms with van der Waals surface area (Å²) in [4.78, 5) is 22.2. The highest BCUT2D eigenvalue weighted by Gasteiger charge is 2.33. The molecule has 1 unspecified atom stereocenters. The molecule has 10 heteroatoms. The molecule has 10 nitrogen and oxygen atoms in total. The minimum atomic E-state index is -0.120. The van der Waals surface area contributed by atoms with Crippen molar-refractivity contribution in [3.8, 4) is 5.69 Å². The Balaban J connectivity index is 0.842. The summed E-state index contributed by atoms with van der Waals surface area (Å²) in [6, 6.07) is 31.0. The third-order valence-corrected chi connectivity index (χ3v) is 10.9. The molecule has 284 valence electrons. The molecule has 0 bridgehead atoms. The fraction of sp³-hybridized carbons (Fsp3) is 0.283. The van der Waals surface area contributed by atoms with E-state index in [9.17, 15) is 0 Å². The number of nitrogens with one attached hydrogen (secondary N) is 2. The van der Waals surface area contributed by atoms with Crippen molar-refractivity contribution in [2.24, 2.45) is 9.98 Å². The highest BCUT2D eigenvalue weighted by atomic mass is 15.2. The van der Waals surface area contributed by atoms with Gasteiger partial charge < -0.3 is 27.0 Å². The van der Waals surface area contributed by atoms with E-state index in [0.29, 0.717) is 0 Å². The van der Waals surface area contributed by atoms with E-state index in [4.69, 9.17) is 31.4 Å². The fourth-order valence-electron chi connectivity index (χ4n) is 7.74. The number of anilines is 5. The zero-order valence-electron chi connectivity index (χ0n) is 32.8. The van der Waals surface area contributed by atoms with Crippen molar-refractivity contribution in [3.63, 3.8) is 0 Å². The quantitative estimate of drug-likeness (QED) is 0.0401. The van der Waals surface area contributed by atoms with Crippen molar-refractivity contribution < 1.29 is 4.57 Å². The van der Waals surface area contributed by atoms with Gasteiger partial charge in [0.15, 0.2) is 5.84 Å². The summed E-state index contributed by atoms with van der Waals surface area (Å²) >= 11 is 0. The lowest BCUT2D eigenvalue weighted by molar-refractivity contribution is -0.538. The van der Waals surface area contributed by atoms with Gasteiger partial charge in [-0.1, -0.05) is 62.1 Å². The first kappa shape index (κ1) is 36.7. The van der Waals surface area contributed by atoms with E-state index in [0.717, 1.165) is 122 Å². The number of amidine groups is 1. The predicted octanol–water partition coefficient (Wildman–Crippen LogP) is 9.10. The van der Waals surface area contributed by atoms with Gasteiger partial charge >= 0.3 is 0 Å². The number of fused-ring (bicyclic) bond motifs is 4. The Labute approximate surface area is 329 Å². The summed E-state index contributed by atoms with van der Waals surface area (Å²) in [7, 11) is 0. The van der Waals surface area contributed by atoms with Crippen molar-refractivity contribution in [2.75, 3.05) is 34.8 Å². The van der Waals surface area contributed by atoms with Gasteiger partial charge in [0, 0.05) is 54.4 Å². The predicted molar refractivity (Wildman–Crippen MR) is 233 cm³/mol. The van der Waals surface area contributed by atoms with Crippen LogP contribution in [0.1, 0.15) is 62.3 Å². The van der Waals surface area contributed by atoms with Crippen LogP contribution < -0.4 is 31.6 Å². The molecule has 0 aliphatic carbocycles. The van der Waals surface area contributed by atoms with Crippen LogP contribution in [0.3, 0.4) is 0 Å². The van der Waals surface area contributed by atoms with E-state index < -0.39 is 0 Å². The molecule has 0 radical (unpaired) electrons. The first-order chi connectivity index (χ1) is 27.2. The van der Waals surface area contributed by atoms with E-state index in [1.54, 1.807) is 0 Å². The number of nitrogens with zero attached hydrogens (tertiary/aromatic N) is 6. The highest BCUT2D eigenvalue weighted by Crippen LogP contribution is 2.43. The molecule has 0 spiro atoms. The average Bonchev–Trinajstić information content (AvgIpc) is 3.19. The normalized spacial score (nSPS) is 14.9. The summed E-state index contributed by atoms with van der Waals surface area (Å²) in [5, 5.41) is 7.37. The molecule has 0 amide bonds. The van der Waals surface area contributed by atoms with Gasteiger partial charge in [0.05, 0.1) is 34.2 Å². The zero-order valence-corrected chi connectivity index (χ0v) is 32.8. The molecule has 4 aromatic carbocycles. The summed E-state index contributed by atoms with van der Waals surface area (Å²) < 4.78 is 2.22. The van der Waals surface area contributed by atoms with Gasteiger partial charge in [-0.15, -0.1) is 4.57 Å². The zero-order chi connectivity index (χ0) is 38.8. The molecule has 4 heterocycles. The maximum atomic E-state index is 6.39. The lowest BCUT2D eigenvalue weighted by Gasteiger charge is -2.38. The lowest BCUT2D eigenvalue weighted by atomic mass is 10.0. The molecule has 0 fully saturated rings. The molecule has 0 saturated heterocycles. The third-order valence-electron chi connectivity index (χ3n) is 10.9.